The highest BCUT2D eigenvalue weighted by Gasteiger charge is 2.22. The molecule has 1 aliphatic rings. The molecule has 1 aromatic carbocycles. The molecule has 0 aliphatic heterocycles. The van der Waals surface area contributed by atoms with Crippen LogP contribution in [0.1, 0.15) is 69.1 Å². The van der Waals surface area contributed by atoms with Crippen molar-refractivity contribution in [1.29, 1.82) is 0 Å². The van der Waals surface area contributed by atoms with Crippen molar-refractivity contribution in [1.82, 2.24) is 15.3 Å². The van der Waals surface area contributed by atoms with Gasteiger partial charge >= 0.3 is 0 Å². The van der Waals surface area contributed by atoms with E-state index in [1.807, 2.05) is 18.2 Å². The number of amides is 1. The molecule has 1 saturated carbocycles. The number of hydrogen-bond donors (Lipinski definition) is 1. The highest BCUT2D eigenvalue weighted by Crippen LogP contribution is 2.29. The Morgan fingerprint density at radius 1 is 1.17 bits per heavy atom. The molecule has 3 rings (SSSR count). The zero-order chi connectivity index (χ0) is 21.7. The van der Waals surface area contributed by atoms with Crippen LogP contribution in [0.2, 0.25) is 0 Å². The second-order valence-corrected chi connectivity index (χ2v) is 9.90. The van der Waals surface area contributed by atoms with Crippen molar-refractivity contribution in [3.8, 4) is 0 Å². The molecule has 1 aromatic heterocycles. The van der Waals surface area contributed by atoms with Crippen molar-refractivity contribution in [2.45, 2.75) is 63.8 Å². The largest absolute Gasteiger partial charge is 0.357 e. The maximum atomic E-state index is 12.4. The van der Waals surface area contributed by atoms with E-state index in [4.69, 9.17) is 9.97 Å². The number of nitrogens with zero attached hydrogens (tertiary/aromatic N) is 3. The Labute approximate surface area is 185 Å². The Hall–Kier alpha value is -2.08. The molecule has 0 radical (unpaired) electrons. The smallest absolute Gasteiger partial charge is 0.251 e. The van der Waals surface area contributed by atoms with Crippen LogP contribution in [-0.4, -0.2) is 35.5 Å². The minimum atomic E-state index is -0.0419. The lowest BCUT2D eigenvalue weighted by molar-refractivity contribution is 0.0951. The summed E-state index contributed by atoms with van der Waals surface area (Å²) in [5.74, 6) is 2.41. The Balaban J connectivity index is 1.73. The average Bonchev–Trinajstić information content (AvgIpc) is 3.55. The molecule has 0 spiro atoms. The highest BCUT2D eigenvalue weighted by atomic mass is 32.2. The van der Waals surface area contributed by atoms with Crippen LogP contribution in [-0.2, 0) is 11.2 Å². The molecule has 1 fully saturated rings. The van der Waals surface area contributed by atoms with E-state index in [0.717, 1.165) is 53.2 Å². The third-order valence-electron chi connectivity index (χ3n) is 5.35. The van der Waals surface area contributed by atoms with Crippen molar-refractivity contribution in [3.05, 3.63) is 47.2 Å². The summed E-state index contributed by atoms with van der Waals surface area (Å²) in [6.07, 6.45) is 2.47. The first-order valence-corrected chi connectivity index (χ1v) is 11.9. The molecule has 1 N–H and O–H groups in total. The van der Waals surface area contributed by atoms with Crippen LogP contribution in [0.25, 0.3) is 0 Å². The van der Waals surface area contributed by atoms with E-state index in [1.54, 1.807) is 11.8 Å². The van der Waals surface area contributed by atoms with Crippen LogP contribution >= 0.6 is 11.8 Å². The monoisotopic (exact) mass is 426 g/mol. The SMILES string of the molecule is CCN(CC)c1cc(C(C)(C)C)nc(SCc2cccc(C(=O)NCC3CC3)c2)n1. The second kappa shape index (κ2) is 9.82. The molecule has 6 heteroatoms. The zero-order valence-corrected chi connectivity index (χ0v) is 19.7. The summed E-state index contributed by atoms with van der Waals surface area (Å²) in [7, 11) is 0. The number of carbonyl (C=O) groups excluding carboxylic acids is 1. The molecular weight excluding hydrogens is 392 g/mol. The summed E-state index contributed by atoms with van der Waals surface area (Å²) < 4.78 is 0. The van der Waals surface area contributed by atoms with Gasteiger partial charge in [0, 0.05) is 42.4 Å². The summed E-state index contributed by atoms with van der Waals surface area (Å²) in [4.78, 5) is 24.3. The van der Waals surface area contributed by atoms with Gasteiger partial charge in [-0.15, -0.1) is 0 Å². The fourth-order valence-corrected chi connectivity index (χ4v) is 3.98. The van der Waals surface area contributed by atoms with E-state index >= 15 is 0 Å². The molecule has 2 aromatic rings. The van der Waals surface area contributed by atoms with Gasteiger partial charge in [-0.3, -0.25) is 4.79 Å². The number of carbonyl (C=O) groups is 1. The number of rotatable bonds is 9. The lowest BCUT2D eigenvalue weighted by Gasteiger charge is -2.24. The third-order valence-corrected chi connectivity index (χ3v) is 6.27. The van der Waals surface area contributed by atoms with Gasteiger partial charge in [0.15, 0.2) is 5.16 Å². The Morgan fingerprint density at radius 2 is 1.90 bits per heavy atom. The molecule has 0 saturated heterocycles. The van der Waals surface area contributed by atoms with E-state index in [0.29, 0.717) is 5.92 Å². The summed E-state index contributed by atoms with van der Waals surface area (Å²) >= 11 is 1.62. The predicted molar refractivity (Wildman–Crippen MR) is 125 cm³/mol. The van der Waals surface area contributed by atoms with E-state index < -0.39 is 0 Å². The van der Waals surface area contributed by atoms with Crippen molar-refractivity contribution in [3.63, 3.8) is 0 Å². The quantitative estimate of drug-likeness (QED) is 0.449. The molecule has 162 valence electrons. The standard InChI is InChI=1S/C24H34N4OS/c1-6-28(7-2)21-14-20(24(3,4)5)26-23(27-21)30-16-18-9-8-10-19(13-18)22(29)25-15-17-11-12-17/h8-10,13-14,17H,6-7,11-12,15-16H2,1-5H3,(H,25,29). The van der Waals surface area contributed by atoms with Gasteiger partial charge in [0.2, 0.25) is 0 Å². The Bertz CT molecular complexity index is 870. The molecule has 1 amide bonds. The maximum absolute atomic E-state index is 12.4. The maximum Gasteiger partial charge on any atom is 0.251 e. The lowest BCUT2D eigenvalue weighted by Crippen LogP contribution is -2.25. The molecule has 0 atom stereocenters. The van der Waals surface area contributed by atoms with Gasteiger partial charge in [0.05, 0.1) is 5.69 Å². The van der Waals surface area contributed by atoms with Crippen molar-refractivity contribution in [2.24, 2.45) is 5.92 Å². The number of anilines is 1. The van der Waals surface area contributed by atoms with Gasteiger partial charge in [-0.25, -0.2) is 9.97 Å². The van der Waals surface area contributed by atoms with Crippen LogP contribution in [0.3, 0.4) is 0 Å². The van der Waals surface area contributed by atoms with E-state index in [-0.39, 0.29) is 11.3 Å². The van der Waals surface area contributed by atoms with Crippen LogP contribution < -0.4 is 10.2 Å². The molecule has 1 aliphatic carbocycles. The summed E-state index contributed by atoms with van der Waals surface area (Å²) in [5, 5.41) is 3.83. The van der Waals surface area contributed by atoms with Gasteiger partial charge in [0.1, 0.15) is 5.82 Å². The molecule has 0 unspecified atom stereocenters. The number of thioether (sulfide) groups is 1. The third kappa shape index (κ3) is 6.21. The fourth-order valence-electron chi connectivity index (χ4n) is 3.18. The van der Waals surface area contributed by atoms with Crippen LogP contribution in [0, 0.1) is 5.92 Å². The highest BCUT2D eigenvalue weighted by molar-refractivity contribution is 7.98. The first-order chi connectivity index (χ1) is 14.3. The fraction of sp³-hybridized carbons (Fsp3) is 0.542. The van der Waals surface area contributed by atoms with E-state index in [9.17, 15) is 4.79 Å². The Kier molecular flexibility index (Phi) is 7.40. The summed E-state index contributed by atoms with van der Waals surface area (Å²) in [6.45, 7) is 13.5. The molecule has 0 bridgehead atoms. The summed E-state index contributed by atoms with van der Waals surface area (Å²) in [6, 6.07) is 9.99. The van der Waals surface area contributed by atoms with Crippen LogP contribution in [0.15, 0.2) is 35.5 Å². The second-order valence-electron chi connectivity index (χ2n) is 8.96. The normalized spacial score (nSPS) is 13.9. The average molecular weight is 427 g/mol. The van der Waals surface area contributed by atoms with Crippen molar-refractivity contribution in [2.75, 3.05) is 24.5 Å². The van der Waals surface area contributed by atoms with Gasteiger partial charge in [-0.05, 0) is 50.3 Å². The number of benzene rings is 1. The van der Waals surface area contributed by atoms with Crippen LogP contribution in [0.4, 0.5) is 5.82 Å². The first kappa shape index (κ1) is 22.6. The molecule has 30 heavy (non-hydrogen) atoms. The van der Waals surface area contributed by atoms with E-state index in [2.05, 4.69) is 57.0 Å². The first-order valence-electron chi connectivity index (χ1n) is 10.9. The molecular formula is C24H34N4OS. The minimum Gasteiger partial charge on any atom is -0.357 e. The topological polar surface area (TPSA) is 58.1 Å². The van der Waals surface area contributed by atoms with E-state index in [1.165, 1.54) is 12.8 Å². The molecule has 5 nitrogen and oxygen atoms in total. The van der Waals surface area contributed by atoms with Gasteiger partial charge < -0.3 is 10.2 Å². The Morgan fingerprint density at radius 3 is 2.53 bits per heavy atom. The molecule has 1 heterocycles. The number of hydrogen-bond acceptors (Lipinski definition) is 5. The number of aromatic nitrogens is 2. The lowest BCUT2D eigenvalue weighted by atomic mass is 9.92. The van der Waals surface area contributed by atoms with Crippen LogP contribution in [0.5, 0.6) is 0 Å². The zero-order valence-electron chi connectivity index (χ0n) is 18.9. The predicted octanol–water partition coefficient (Wildman–Crippen LogP) is 5.05. The van der Waals surface area contributed by atoms with Gasteiger partial charge in [0.25, 0.3) is 5.91 Å². The van der Waals surface area contributed by atoms with Crippen molar-refractivity contribution >= 4 is 23.5 Å². The van der Waals surface area contributed by atoms with Gasteiger partial charge in [-0.2, -0.15) is 0 Å². The minimum absolute atomic E-state index is 0.0172. The van der Waals surface area contributed by atoms with Gasteiger partial charge in [-0.1, -0.05) is 44.7 Å². The van der Waals surface area contributed by atoms with Crippen molar-refractivity contribution < 1.29 is 4.79 Å². The summed E-state index contributed by atoms with van der Waals surface area (Å²) in [5.41, 5.74) is 2.84. The number of nitrogens with one attached hydrogen (secondary N) is 1.